The van der Waals surface area contributed by atoms with Gasteiger partial charge < -0.3 is 4.52 Å². The molecule has 0 spiro atoms. The first kappa shape index (κ1) is 13.7. The molecule has 0 aliphatic carbocycles. The number of hydrogen-bond acceptors (Lipinski definition) is 6. The average molecular weight is 342 g/mol. The first-order valence-corrected chi connectivity index (χ1v) is 8.03. The van der Waals surface area contributed by atoms with Crippen molar-refractivity contribution < 1.29 is 4.52 Å². The van der Waals surface area contributed by atoms with Crippen LogP contribution < -0.4 is 0 Å². The minimum Gasteiger partial charge on any atom is -0.337 e. The zero-order chi connectivity index (χ0) is 16.1. The van der Waals surface area contributed by atoms with Crippen LogP contribution in [0.1, 0.15) is 30.6 Å². The van der Waals surface area contributed by atoms with E-state index in [0.29, 0.717) is 22.4 Å². The predicted molar refractivity (Wildman–Crippen MR) is 85.5 cm³/mol. The van der Waals surface area contributed by atoms with Crippen LogP contribution in [-0.4, -0.2) is 35.1 Å². The van der Waals surface area contributed by atoms with E-state index in [-0.39, 0.29) is 6.04 Å². The molecule has 1 atom stereocenters. The van der Waals surface area contributed by atoms with Crippen molar-refractivity contribution in [3.8, 4) is 11.5 Å². The Kier molecular flexibility index (Phi) is 2.93. The highest BCUT2D eigenvalue weighted by Crippen LogP contribution is 2.31. The highest BCUT2D eigenvalue weighted by Gasteiger charge is 2.28. The number of nitrogens with zero attached hydrogens (tertiary/aromatic N) is 6. The Labute approximate surface area is 140 Å². The summed E-state index contributed by atoms with van der Waals surface area (Å²) in [7, 11) is 0. The molecule has 0 amide bonds. The van der Waals surface area contributed by atoms with E-state index in [0.717, 1.165) is 36.0 Å². The van der Waals surface area contributed by atoms with Crippen LogP contribution in [0.25, 0.3) is 22.4 Å². The summed E-state index contributed by atoms with van der Waals surface area (Å²) in [6.45, 7) is 0. The second-order valence-corrected chi connectivity index (χ2v) is 6.18. The summed E-state index contributed by atoms with van der Waals surface area (Å²) in [5.41, 5.74) is 1.49. The summed E-state index contributed by atoms with van der Waals surface area (Å²) in [4.78, 5) is 8.81. The second-order valence-electron chi connectivity index (χ2n) is 5.75. The smallest absolute Gasteiger partial charge is 0.251 e. The highest BCUT2D eigenvalue weighted by atomic mass is 35.5. The van der Waals surface area contributed by atoms with Crippen molar-refractivity contribution >= 4 is 22.5 Å². The van der Waals surface area contributed by atoms with E-state index < -0.39 is 0 Å². The van der Waals surface area contributed by atoms with Crippen LogP contribution in [0.2, 0.25) is 5.02 Å². The lowest BCUT2D eigenvalue weighted by molar-refractivity contribution is 0.295. The largest absolute Gasteiger partial charge is 0.337 e. The van der Waals surface area contributed by atoms with E-state index in [1.165, 1.54) is 0 Å². The van der Waals surface area contributed by atoms with Gasteiger partial charge in [-0.15, -0.1) is 0 Å². The maximum Gasteiger partial charge on any atom is 0.251 e. The Morgan fingerprint density at radius 3 is 3.25 bits per heavy atom. The minimum absolute atomic E-state index is 0.0775. The molecule has 1 aliphatic heterocycles. The molecule has 5 rings (SSSR count). The molecule has 3 aromatic heterocycles. The molecule has 120 valence electrons. The molecule has 4 heterocycles. The third kappa shape index (κ3) is 2.03. The van der Waals surface area contributed by atoms with Gasteiger partial charge in [0.25, 0.3) is 5.89 Å². The van der Waals surface area contributed by atoms with E-state index in [9.17, 15) is 0 Å². The molecule has 8 nitrogen and oxygen atoms in total. The first-order chi connectivity index (χ1) is 11.8. The van der Waals surface area contributed by atoms with Gasteiger partial charge in [-0.1, -0.05) is 16.8 Å². The van der Waals surface area contributed by atoms with Crippen molar-refractivity contribution in [1.29, 1.82) is 0 Å². The molecular formula is C15H12ClN7O. The lowest BCUT2D eigenvalue weighted by Crippen LogP contribution is -2.20. The van der Waals surface area contributed by atoms with Gasteiger partial charge in [-0.2, -0.15) is 15.2 Å². The second kappa shape index (κ2) is 5.13. The molecule has 1 unspecified atom stereocenters. The molecule has 1 aliphatic rings. The molecule has 1 N–H and O–H groups in total. The number of benzene rings is 1. The Hall–Kier alpha value is -2.74. The van der Waals surface area contributed by atoms with Crippen LogP contribution in [0.3, 0.4) is 0 Å². The number of hydrogen-bond donors (Lipinski definition) is 1. The Morgan fingerprint density at radius 2 is 2.29 bits per heavy atom. The molecule has 1 aromatic carbocycles. The summed E-state index contributed by atoms with van der Waals surface area (Å²) >= 11 is 6.08. The Bertz CT molecular complexity index is 1030. The van der Waals surface area contributed by atoms with Gasteiger partial charge >= 0.3 is 0 Å². The molecule has 0 radical (unpaired) electrons. The SMILES string of the molecule is Clc1ccc2[nH]nc(-c3noc(C4CCCc5ncnn54)n3)c2c1. The third-order valence-corrected chi connectivity index (χ3v) is 4.52. The standard InChI is InChI=1S/C15H12ClN7O/c16-8-4-5-10-9(6-8)13(21-20-10)14-19-15(24-22-14)11-2-1-3-12-17-7-18-23(11)12/h4-7,11H,1-3H2,(H,20,21). The van der Waals surface area contributed by atoms with Gasteiger partial charge in [0, 0.05) is 16.8 Å². The van der Waals surface area contributed by atoms with Crippen LogP contribution in [0.5, 0.6) is 0 Å². The molecule has 0 saturated carbocycles. The number of H-pyrrole nitrogens is 1. The quantitative estimate of drug-likeness (QED) is 0.602. The van der Waals surface area contributed by atoms with Crippen LogP contribution in [0, 0.1) is 0 Å². The third-order valence-electron chi connectivity index (χ3n) is 4.28. The first-order valence-electron chi connectivity index (χ1n) is 7.65. The molecule has 9 heteroatoms. The molecule has 0 fully saturated rings. The molecule has 24 heavy (non-hydrogen) atoms. The van der Waals surface area contributed by atoms with Gasteiger partial charge in [-0.25, -0.2) is 9.67 Å². The highest BCUT2D eigenvalue weighted by molar-refractivity contribution is 6.31. The number of fused-ring (bicyclic) bond motifs is 2. The monoisotopic (exact) mass is 341 g/mol. The molecular weight excluding hydrogens is 330 g/mol. The number of rotatable bonds is 2. The van der Waals surface area contributed by atoms with Gasteiger partial charge in [-0.05, 0) is 31.0 Å². The van der Waals surface area contributed by atoms with Gasteiger partial charge in [-0.3, -0.25) is 5.10 Å². The number of halogens is 1. The van der Waals surface area contributed by atoms with Crippen molar-refractivity contribution in [1.82, 2.24) is 35.1 Å². The van der Waals surface area contributed by atoms with E-state index in [4.69, 9.17) is 16.1 Å². The molecule has 0 saturated heterocycles. The van der Waals surface area contributed by atoms with E-state index in [1.54, 1.807) is 6.33 Å². The Morgan fingerprint density at radius 1 is 1.33 bits per heavy atom. The van der Waals surface area contributed by atoms with Gasteiger partial charge in [0.15, 0.2) is 0 Å². The van der Waals surface area contributed by atoms with Crippen molar-refractivity contribution in [3.63, 3.8) is 0 Å². The maximum atomic E-state index is 6.08. The summed E-state index contributed by atoms with van der Waals surface area (Å²) in [5.74, 6) is 1.91. The fraction of sp³-hybridized carbons (Fsp3) is 0.267. The number of aromatic nitrogens is 7. The molecule has 4 aromatic rings. The zero-order valence-electron chi connectivity index (χ0n) is 12.5. The topological polar surface area (TPSA) is 98.3 Å². The van der Waals surface area contributed by atoms with E-state index in [2.05, 4.69) is 30.4 Å². The summed E-state index contributed by atoms with van der Waals surface area (Å²) < 4.78 is 7.36. The van der Waals surface area contributed by atoms with Gasteiger partial charge in [0.2, 0.25) is 5.82 Å². The van der Waals surface area contributed by atoms with E-state index in [1.807, 2.05) is 22.9 Å². The van der Waals surface area contributed by atoms with Crippen molar-refractivity contribution in [2.24, 2.45) is 0 Å². The fourth-order valence-corrected chi connectivity index (χ4v) is 3.31. The van der Waals surface area contributed by atoms with Crippen molar-refractivity contribution in [3.05, 3.63) is 41.3 Å². The number of aryl methyl sites for hydroxylation is 1. The normalized spacial score (nSPS) is 17.3. The average Bonchev–Trinajstić information content (AvgIpc) is 3.32. The Balaban J connectivity index is 1.57. The lowest BCUT2D eigenvalue weighted by atomic mass is 10.1. The van der Waals surface area contributed by atoms with Crippen LogP contribution in [0.4, 0.5) is 0 Å². The number of nitrogens with one attached hydrogen (secondary N) is 1. The van der Waals surface area contributed by atoms with Crippen LogP contribution in [-0.2, 0) is 6.42 Å². The minimum atomic E-state index is -0.0775. The van der Waals surface area contributed by atoms with E-state index >= 15 is 0 Å². The van der Waals surface area contributed by atoms with Gasteiger partial charge in [0.05, 0.1) is 5.52 Å². The maximum absolute atomic E-state index is 6.08. The fourth-order valence-electron chi connectivity index (χ4n) is 3.14. The van der Waals surface area contributed by atoms with Crippen LogP contribution in [0.15, 0.2) is 29.0 Å². The van der Waals surface area contributed by atoms with Gasteiger partial charge in [0.1, 0.15) is 23.9 Å². The summed E-state index contributed by atoms with van der Waals surface area (Å²) in [6.07, 6.45) is 4.39. The summed E-state index contributed by atoms with van der Waals surface area (Å²) in [5, 5.41) is 17.1. The lowest BCUT2D eigenvalue weighted by Gasteiger charge is -2.19. The number of aromatic amines is 1. The predicted octanol–water partition coefficient (Wildman–Crippen LogP) is 2.78. The van der Waals surface area contributed by atoms with Crippen molar-refractivity contribution in [2.45, 2.75) is 25.3 Å². The summed E-state index contributed by atoms with van der Waals surface area (Å²) in [6, 6.07) is 5.44. The molecule has 0 bridgehead atoms. The van der Waals surface area contributed by atoms with Crippen LogP contribution >= 0.6 is 11.6 Å². The zero-order valence-corrected chi connectivity index (χ0v) is 13.2. The van der Waals surface area contributed by atoms with Crippen molar-refractivity contribution in [2.75, 3.05) is 0 Å².